The molecule has 100 valence electrons. The average Bonchev–Trinajstić information content (AvgIpc) is 2.30. The van der Waals surface area contributed by atoms with Crippen LogP contribution < -0.4 is 5.73 Å². The summed E-state index contributed by atoms with van der Waals surface area (Å²) < 4.78 is 18.7. The number of morpholine rings is 1. The van der Waals surface area contributed by atoms with Gasteiger partial charge in [-0.1, -0.05) is 0 Å². The van der Waals surface area contributed by atoms with E-state index in [0.29, 0.717) is 25.4 Å². The molecule has 1 aliphatic heterocycles. The second-order valence-electron chi connectivity index (χ2n) is 4.81. The van der Waals surface area contributed by atoms with E-state index >= 15 is 0 Å². The minimum Gasteiger partial charge on any atom is -0.399 e. The third kappa shape index (κ3) is 3.19. The van der Waals surface area contributed by atoms with Gasteiger partial charge in [-0.05, 0) is 30.7 Å². The highest BCUT2D eigenvalue weighted by atomic mass is 19.1. The number of ether oxygens (including phenoxy) is 1. The van der Waals surface area contributed by atoms with Crippen molar-refractivity contribution in [2.24, 2.45) is 0 Å². The molecule has 4 nitrogen and oxygen atoms in total. The highest BCUT2D eigenvalue weighted by molar-refractivity contribution is 5.41. The maximum atomic E-state index is 13.3. The number of nitrogens with zero attached hydrogens (tertiary/aromatic N) is 1. The molecular weight excluding hydrogens is 235 g/mol. The highest BCUT2D eigenvalue weighted by Crippen LogP contribution is 2.18. The lowest BCUT2D eigenvalue weighted by molar-refractivity contribution is -0.0805. The van der Waals surface area contributed by atoms with Gasteiger partial charge in [0.2, 0.25) is 0 Å². The zero-order chi connectivity index (χ0) is 13.1. The van der Waals surface area contributed by atoms with E-state index < -0.39 is 0 Å². The van der Waals surface area contributed by atoms with Gasteiger partial charge < -0.3 is 15.6 Å². The number of halogens is 1. The summed E-state index contributed by atoms with van der Waals surface area (Å²) in [6.45, 7) is 3.90. The van der Waals surface area contributed by atoms with E-state index in [2.05, 4.69) is 11.8 Å². The Hall–Kier alpha value is -1.17. The molecule has 0 saturated carbocycles. The third-order valence-corrected chi connectivity index (χ3v) is 3.20. The van der Waals surface area contributed by atoms with Crippen molar-refractivity contribution in [3.05, 3.63) is 29.6 Å². The van der Waals surface area contributed by atoms with Crippen molar-refractivity contribution in [2.75, 3.05) is 25.5 Å². The van der Waals surface area contributed by atoms with Crippen LogP contribution in [-0.4, -0.2) is 41.9 Å². The van der Waals surface area contributed by atoms with Gasteiger partial charge in [0.25, 0.3) is 0 Å². The van der Waals surface area contributed by atoms with Gasteiger partial charge in [0, 0.05) is 24.8 Å². The normalized spacial score (nSPS) is 25.3. The fourth-order valence-electron chi connectivity index (χ4n) is 2.21. The molecule has 0 aromatic heterocycles. The Labute approximate surface area is 106 Å². The van der Waals surface area contributed by atoms with Gasteiger partial charge in [0.15, 0.2) is 0 Å². The smallest absolute Gasteiger partial charge is 0.125 e. The number of hydrogen-bond donors (Lipinski definition) is 2. The van der Waals surface area contributed by atoms with E-state index in [-0.39, 0.29) is 24.6 Å². The van der Waals surface area contributed by atoms with Gasteiger partial charge in [-0.25, -0.2) is 4.39 Å². The van der Waals surface area contributed by atoms with Crippen LogP contribution in [0, 0.1) is 5.82 Å². The van der Waals surface area contributed by atoms with Crippen LogP contribution in [0.1, 0.15) is 12.5 Å². The molecule has 1 fully saturated rings. The molecule has 1 saturated heterocycles. The van der Waals surface area contributed by atoms with Gasteiger partial charge in [-0.3, -0.25) is 4.90 Å². The Balaban J connectivity index is 2.06. The molecule has 1 aromatic carbocycles. The van der Waals surface area contributed by atoms with Crippen LogP contribution in [0.25, 0.3) is 0 Å². The first kappa shape index (κ1) is 13.3. The molecule has 18 heavy (non-hydrogen) atoms. The molecule has 1 heterocycles. The van der Waals surface area contributed by atoms with Crippen molar-refractivity contribution in [3.63, 3.8) is 0 Å². The summed E-state index contributed by atoms with van der Waals surface area (Å²) in [5.74, 6) is -0.315. The van der Waals surface area contributed by atoms with Crippen molar-refractivity contribution in [1.82, 2.24) is 4.90 Å². The number of aliphatic hydroxyl groups is 1. The maximum absolute atomic E-state index is 13.3. The number of aliphatic hydroxyl groups excluding tert-OH is 1. The van der Waals surface area contributed by atoms with E-state index in [1.807, 2.05) is 0 Å². The second kappa shape index (κ2) is 5.65. The summed E-state index contributed by atoms with van der Waals surface area (Å²) >= 11 is 0. The van der Waals surface area contributed by atoms with Gasteiger partial charge in [-0.2, -0.15) is 0 Å². The predicted octanol–water partition coefficient (Wildman–Crippen LogP) is 0.989. The minimum atomic E-state index is -0.315. The van der Waals surface area contributed by atoms with Crippen molar-refractivity contribution in [1.29, 1.82) is 0 Å². The highest BCUT2D eigenvalue weighted by Gasteiger charge is 2.25. The van der Waals surface area contributed by atoms with E-state index in [1.165, 1.54) is 12.1 Å². The summed E-state index contributed by atoms with van der Waals surface area (Å²) in [4.78, 5) is 2.17. The predicted molar refractivity (Wildman–Crippen MR) is 67.5 cm³/mol. The quantitative estimate of drug-likeness (QED) is 0.790. The molecule has 0 spiro atoms. The molecule has 5 heteroatoms. The SMILES string of the molecule is CC1COC(CO)CN1Cc1cc(N)cc(F)c1. The topological polar surface area (TPSA) is 58.7 Å². The summed E-state index contributed by atoms with van der Waals surface area (Å²) in [6.07, 6.45) is -0.160. The van der Waals surface area contributed by atoms with E-state index in [1.54, 1.807) is 6.07 Å². The zero-order valence-electron chi connectivity index (χ0n) is 10.5. The van der Waals surface area contributed by atoms with Crippen molar-refractivity contribution < 1.29 is 14.2 Å². The van der Waals surface area contributed by atoms with Crippen LogP contribution in [0.2, 0.25) is 0 Å². The van der Waals surface area contributed by atoms with Crippen LogP contribution in [0.3, 0.4) is 0 Å². The van der Waals surface area contributed by atoms with Crippen LogP contribution in [0.15, 0.2) is 18.2 Å². The fourth-order valence-corrected chi connectivity index (χ4v) is 2.21. The Morgan fingerprint density at radius 1 is 1.50 bits per heavy atom. The zero-order valence-corrected chi connectivity index (χ0v) is 10.5. The molecular formula is C13H19FN2O2. The standard InChI is InChI=1S/C13H19FN2O2/c1-9-8-18-13(7-17)6-16(9)5-10-2-11(14)4-12(15)3-10/h2-4,9,13,17H,5-8,15H2,1H3. The second-order valence-corrected chi connectivity index (χ2v) is 4.81. The molecule has 0 aliphatic carbocycles. The average molecular weight is 254 g/mol. The van der Waals surface area contributed by atoms with Crippen molar-refractivity contribution >= 4 is 5.69 Å². The Morgan fingerprint density at radius 2 is 2.28 bits per heavy atom. The first-order valence-electron chi connectivity index (χ1n) is 6.10. The summed E-state index contributed by atoms with van der Waals surface area (Å²) in [7, 11) is 0. The minimum absolute atomic E-state index is 0.00844. The first-order valence-corrected chi connectivity index (χ1v) is 6.10. The molecule has 0 bridgehead atoms. The van der Waals surface area contributed by atoms with Gasteiger partial charge in [0.05, 0.1) is 19.3 Å². The molecule has 0 radical (unpaired) electrons. The van der Waals surface area contributed by atoms with Crippen molar-refractivity contribution in [2.45, 2.75) is 25.6 Å². The number of rotatable bonds is 3. The lowest BCUT2D eigenvalue weighted by Gasteiger charge is -2.37. The Kier molecular flexibility index (Phi) is 4.16. The number of hydrogen-bond acceptors (Lipinski definition) is 4. The molecule has 3 N–H and O–H groups in total. The number of nitrogens with two attached hydrogens (primary N) is 1. The summed E-state index contributed by atoms with van der Waals surface area (Å²) in [6, 6.07) is 4.83. The largest absolute Gasteiger partial charge is 0.399 e. The van der Waals surface area contributed by atoms with Crippen molar-refractivity contribution in [3.8, 4) is 0 Å². The van der Waals surface area contributed by atoms with Crippen LogP contribution >= 0.6 is 0 Å². The van der Waals surface area contributed by atoms with Crippen LogP contribution in [0.5, 0.6) is 0 Å². The number of nitrogen functional groups attached to an aromatic ring is 1. The van der Waals surface area contributed by atoms with Crippen LogP contribution in [0.4, 0.5) is 10.1 Å². The first-order chi connectivity index (χ1) is 8.58. The van der Waals surface area contributed by atoms with E-state index in [9.17, 15) is 4.39 Å². The van der Waals surface area contributed by atoms with E-state index in [0.717, 1.165) is 5.56 Å². The van der Waals surface area contributed by atoms with Gasteiger partial charge in [-0.15, -0.1) is 0 Å². The van der Waals surface area contributed by atoms with Gasteiger partial charge in [0.1, 0.15) is 5.82 Å². The molecule has 1 aliphatic rings. The summed E-state index contributed by atoms with van der Waals surface area (Å²) in [5, 5.41) is 9.12. The van der Waals surface area contributed by atoms with Gasteiger partial charge >= 0.3 is 0 Å². The third-order valence-electron chi connectivity index (χ3n) is 3.20. The lowest BCUT2D eigenvalue weighted by Crippen LogP contribution is -2.48. The molecule has 2 atom stereocenters. The lowest BCUT2D eigenvalue weighted by atomic mass is 10.1. The monoisotopic (exact) mass is 254 g/mol. The molecule has 2 rings (SSSR count). The Morgan fingerprint density at radius 3 is 2.94 bits per heavy atom. The van der Waals surface area contributed by atoms with Crippen LogP contribution in [-0.2, 0) is 11.3 Å². The fraction of sp³-hybridized carbons (Fsp3) is 0.538. The molecule has 0 amide bonds. The number of anilines is 1. The van der Waals surface area contributed by atoms with E-state index in [4.69, 9.17) is 15.6 Å². The maximum Gasteiger partial charge on any atom is 0.125 e. The molecule has 2 unspecified atom stereocenters. The Bertz CT molecular complexity index is 394. The summed E-state index contributed by atoms with van der Waals surface area (Å²) in [5.41, 5.74) is 6.91. The number of benzene rings is 1. The molecule has 1 aromatic rings.